The van der Waals surface area contributed by atoms with E-state index in [0.717, 1.165) is 12.6 Å². The number of benzene rings is 1. The van der Waals surface area contributed by atoms with Crippen molar-refractivity contribution in [3.63, 3.8) is 0 Å². The Morgan fingerprint density at radius 1 is 1.35 bits per heavy atom. The Labute approximate surface area is 128 Å². The maximum atomic E-state index is 13.4. The van der Waals surface area contributed by atoms with Crippen LogP contribution in [0.1, 0.15) is 13.8 Å². The molecule has 4 nitrogen and oxygen atoms in total. The highest BCUT2D eigenvalue weighted by molar-refractivity contribution is 9.10. The van der Waals surface area contributed by atoms with Crippen LogP contribution in [0.5, 0.6) is 0 Å². The van der Waals surface area contributed by atoms with Gasteiger partial charge in [0, 0.05) is 13.1 Å². The number of halogens is 2. The smallest absolute Gasteiger partial charge is 0.240 e. The summed E-state index contributed by atoms with van der Waals surface area (Å²) in [6.07, 6.45) is 0. The molecule has 1 rings (SSSR count). The lowest BCUT2D eigenvalue weighted by Crippen LogP contribution is -2.39. The third kappa shape index (κ3) is 5.12. The first-order chi connectivity index (χ1) is 9.03. The van der Waals surface area contributed by atoms with Crippen LogP contribution in [0.3, 0.4) is 0 Å². The van der Waals surface area contributed by atoms with Crippen molar-refractivity contribution >= 4 is 26.0 Å². The summed E-state index contributed by atoms with van der Waals surface area (Å²) in [5, 5.41) is 0. The first-order valence-corrected chi connectivity index (χ1v) is 8.41. The molecule has 1 aromatic carbocycles. The van der Waals surface area contributed by atoms with Gasteiger partial charge in [0.15, 0.2) is 0 Å². The molecule has 0 unspecified atom stereocenters. The summed E-state index contributed by atoms with van der Waals surface area (Å²) < 4.78 is 40.4. The number of nitrogens with one attached hydrogen (secondary N) is 1. The van der Waals surface area contributed by atoms with Gasteiger partial charge in [-0.1, -0.05) is 13.8 Å². The predicted octanol–water partition coefficient (Wildman–Crippen LogP) is 2.45. The number of hydrogen-bond donors (Lipinski definition) is 1. The molecule has 0 aliphatic heterocycles. The van der Waals surface area contributed by atoms with Gasteiger partial charge in [-0.3, -0.25) is 0 Å². The minimum atomic E-state index is -3.70. The molecule has 0 amide bonds. The average molecular weight is 367 g/mol. The molecule has 0 bridgehead atoms. The number of hydrogen-bond acceptors (Lipinski definition) is 3. The van der Waals surface area contributed by atoms with E-state index in [9.17, 15) is 12.8 Å². The maximum absolute atomic E-state index is 13.4. The Balaban J connectivity index is 2.82. The van der Waals surface area contributed by atoms with E-state index in [0.29, 0.717) is 0 Å². The van der Waals surface area contributed by atoms with E-state index in [4.69, 9.17) is 0 Å². The van der Waals surface area contributed by atoms with Gasteiger partial charge >= 0.3 is 0 Å². The summed E-state index contributed by atoms with van der Waals surface area (Å²) in [5.74, 6) is -0.597. The van der Waals surface area contributed by atoms with Crippen LogP contribution in [0.2, 0.25) is 0 Å². The summed E-state index contributed by atoms with van der Waals surface area (Å²) >= 11 is 3.00. The van der Waals surface area contributed by atoms with Gasteiger partial charge in [-0.25, -0.2) is 17.5 Å². The van der Waals surface area contributed by atoms with Crippen LogP contribution >= 0.6 is 15.9 Å². The van der Waals surface area contributed by atoms with Gasteiger partial charge in [-0.15, -0.1) is 0 Å². The zero-order valence-corrected chi connectivity index (χ0v) is 14.5. The van der Waals surface area contributed by atoms with Crippen LogP contribution in [-0.4, -0.2) is 40.5 Å². The van der Waals surface area contributed by atoms with E-state index in [1.807, 2.05) is 32.8 Å². The SMILES string of the molecule is CN(C)CC(C)(C)CNS(=O)(=O)c1ccc(Br)c(F)c1. The van der Waals surface area contributed by atoms with Crippen molar-refractivity contribution in [2.45, 2.75) is 18.7 Å². The van der Waals surface area contributed by atoms with Crippen molar-refractivity contribution < 1.29 is 12.8 Å². The van der Waals surface area contributed by atoms with Crippen molar-refractivity contribution in [1.82, 2.24) is 9.62 Å². The van der Waals surface area contributed by atoms with Crippen molar-refractivity contribution in [3.8, 4) is 0 Å². The molecule has 0 atom stereocenters. The Morgan fingerprint density at radius 2 is 1.95 bits per heavy atom. The zero-order chi connectivity index (χ0) is 15.6. The summed E-state index contributed by atoms with van der Waals surface area (Å²) in [4.78, 5) is 1.92. The quantitative estimate of drug-likeness (QED) is 0.840. The third-order valence-corrected chi connectivity index (χ3v) is 4.73. The molecule has 0 spiro atoms. The summed E-state index contributed by atoms with van der Waals surface area (Å²) in [7, 11) is 0.164. The van der Waals surface area contributed by atoms with Crippen molar-refractivity contribution in [2.24, 2.45) is 5.41 Å². The minimum Gasteiger partial charge on any atom is -0.309 e. The Morgan fingerprint density at radius 3 is 2.45 bits per heavy atom. The molecule has 114 valence electrons. The van der Waals surface area contributed by atoms with Gasteiger partial charge in [0.2, 0.25) is 10.0 Å². The number of nitrogens with zero attached hydrogens (tertiary/aromatic N) is 1. The lowest BCUT2D eigenvalue weighted by molar-refractivity contribution is 0.242. The van der Waals surface area contributed by atoms with Crippen LogP contribution in [0.4, 0.5) is 4.39 Å². The van der Waals surface area contributed by atoms with E-state index in [2.05, 4.69) is 20.7 Å². The molecule has 0 saturated carbocycles. The molecule has 20 heavy (non-hydrogen) atoms. The molecule has 0 radical (unpaired) electrons. The van der Waals surface area contributed by atoms with Gasteiger partial charge in [-0.05, 0) is 53.6 Å². The predicted molar refractivity (Wildman–Crippen MR) is 81.6 cm³/mol. The van der Waals surface area contributed by atoms with Gasteiger partial charge in [0.25, 0.3) is 0 Å². The molecule has 0 saturated heterocycles. The van der Waals surface area contributed by atoms with Crippen LogP contribution in [-0.2, 0) is 10.0 Å². The summed E-state index contributed by atoms with van der Waals surface area (Å²) in [5.41, 5.74) is -0.218. The Kier molecular flexibility index (Phi) is 5.71. The van der Waals surface area contributed by atoms with Crippen molar-refractivity contribution in [1.29, 1.82) is 0 Å². The molecule has 1 aromatic rings. The Hall–Kier alpha value is -0.500. The van der Waals surface area contributed by atoms with E-state index in [1.165, 1.54) is 12.1 Å². The fourth-order valence-electron chi connectivity index (χ4n) is 1.93. The van der Waals surface area contributed by atoms with E-state index >= 15 is 0 Å². The molecule has 1 N–H and O–H groups in total. The topological polar surface area (TPSA) is 49.4 Å². The number of sulfonamides is 1. The highest BCUT2D eigenvalue weighted by Gasteiger charge is 2.23. The first-order valence-electron chi connectivity index (χ1n) is 6.13. The zero-order valence-electron chi connectivity index (χ0n) is 12.1. The third-order valence-electron chi connectivity index (χ3n) is 2.69. The second-order valence-electron chi connectivity index (χ2n) is 5.80. The van der Waals surface area contributed by atoms with Crippen molar-refractivity contribution in [2.75, 3.05) is 27.2 Å². The first kappa shape index (κ1) is 17.6. The van der Waals surface area contributed by atoms with Gasteiger partial charge in [-0.2, -0.15) is 0 Å². The fraction of sp³-hybridized carbons (Fsp3) is 0.538. The molecule has 0 fully saturated rings. The summed E-state index contributed by atoms with van der Waals surface area (Å²) in [6.45, 7) is 4.96. The van der Waals surface area contributed by atoms with Crippen LogP contribution in [0.25, 0.3) is 0 Å². The molecular formula is C13H20BrFN2O2S. The molecule has 0 aliphatic carbocycles. The molecule has 0 heterocycles. The Bertz CT molecular complexity index is 574. The van der Waals surface area contributed by atoms with E-state index in [1.54, 1.807) is 0 Å². The van der Waals surface area contributed by atoms with Crippen molar-refractivity contribution in [3.05, 3.63) is 28.5 Å². The lowest BCUT2D eigenvalue weighted by atomic mass is 9.93. The molecular weight excluding hydrogens is 347 g/mol. The molecule has 0 aromatic heterocycles. The minimum absolute atomic E-state index is 0.0705. The highest BCUT2D eigenvalue weighted by atomic mass is 79.9. The van der Waals surface area contributed by atoms with Gasteiger partial charge in [0.05, 0.1) is 9.37 Å². The molecule has 0 aliphatic rings. The normalized spacial score (nSPS) is 12.9. The van der Waals surface area contributed by atoms with E-state index in [-0.39, 0.29) is 21.3 Å². The average Bonchev–Trinajstić information content (AvgIpc) is 2.29. The van der Waals surface area contributed by atoms with Crippen LogP contribution in [0.15, 0.2) is 27.6 Å². The standard InChI is InChI=1S/C13H20BrFN2O2S/c1-13(2,9-17(3)4)8-16-20(18,19)10-5-6-11(14)12(15)7-10/h5-7,16H,8-9H2,1-4H3. The number of rotatable bonds is 6. The van der Waals surface area contributed by atoms with Crippen LogP contribution < -0.4 is 4.72 Å². The monoisotopic (exact) mass is 366 g/mol. The fourth-order valence-corrected chi connectivity index (χ4v) is 3.43. The lowest BCUT2D eigenvalue weighted by Gasteiger charge is -2.28. The molecule has 7 heteroatoms. The van der Waals surface area contributed by atoms with Gasteiger partial charge < -0.3 is 4.90 Å². The highest BCUT2D eigenvalue weighted by Crippen LogP contribution is 2.20. The van der Waals surface area contributed by atoms with Gasteiger partial charge in [0.1, 0.15) is 5.82 Å². The second kappa shape index (κ2) is 6.51. The van der Waals surface area contributed by atoms with Crippen LogP contribution in [0, 0.1) is 11.2 Å². The second-order valence-corrected chi connectivity index (χ2v) is 8.42. The largest absolute Gasteiger partial charge is 0.309 e. The summed E-state index contributed by atoms with van der Waals surface area (Å²) in [6, 6.07) is 3.76. The van der Waals surface area contributed by atoms with E-state index < -0.39 is 15.8 Å². The maximum Gasteiger partial charge on any atom is 0.240 e.